The molecule has 0 aliphatic heterocycles. The Balaban J connectivity index is 2.82. The van der Waals surface area contributed by atoms with E-state index in [1.807, 2.05) is 0 Å². The van der Waals surface area contributed by atoms with Crippen molar-refractivity contribution >= 4 is 5.97 Å². The third-order valence-electron chi connectivity index (χ3n) is 2.11. The third kappa shape index (κ3) is 3.65. The lowest BCUT2D eigenvalue weighted by Crippen LogP contribution is -2.05. The number of para-hydroxylation sites is 1. The molecule has 1 aromatic carbocycles. The first kappa shape index (κ1) is 12.8. The van der Waals surface area contributed by atoms with Crippen LogP contribution in [-0.2, 0) is 0 Å². The molecule has 0 radical (unpaired) electrons. The van der Waals surface area contributed by atoms with Crippen LogP contribution in [0.5, 0.6) is 5.75 Å². The zero-order valence-corrected chi connectivity index (χ0v) is 9.43. The lowest BCUT2D eigenvalue weighted by atomic mass is 10.2. The van der Waals surface area contributed by atoms with Gasteiger partial charge in [-0.15, -0.1) is 0 Å². The smallest absolute Gasteiger partial charge is 0.339 e. The summed E-state index contributed by atoms with van der Waals surface area (Å²) in [5.41, 5.74) is 0.981. The van der Waals surface area contributed by atoms with Gasteiger partial charge in [0.05, 0.1) is 0 Å². The molecule has 0 amide bonds. The molecule has 0 heterocycles. The SMILES string of the molecule is C=C/C=C(\C=C)COc1ccccc1C(=O)O. The average Bonchev–Trinajstić information content (AvgIpc) is 2.34. The van der Waals surface area contributed by atoms with Crippen molar-refractivity contribution in [2.24, 2.45) is 0 Å². The van der Waals surface area contributed by atoms with Crippen molar-refractivity contribution in [3.63, 3.8) is 0 Å². The van der Waals surface area contributed by atoms with Crippen molar-refractivity contribution in [1.82, 2.24) is 0 Å². The fraction of sp³-hybridized carbons (Fsp3) is 0.0714. The molecule has 1 N–H and O–H groups in total. The lowest BCUT2D eigenvalue weighted by molar-refractivity contribution is 0.0692. The Bertz CT molecular complexity index is 458. The van der Waals surface area contributed by atoms with E-state index >= 15 is 0 Å². The normalized spacial score (nSPS) is 10.7. The molecule has 0 unspecified atom stereocenters. The van der Waals surface area contributed by atoms with Gasteiger partial charge < -0.3 is 9.84 Å². The Morgan fingerprint density at radius 3 is 2.65 bits per heavy atom. The molecule has 0 aliphatic carbocycles. The number of aromatic carboxylic acids is 1. The molecule has 0 saturated heterocycles. The van der Waals surface area contributed by atoms with Crippen LogP contribution in [0, 0.1) is 0 Å². The molecule has 3 heteroatoms. The summed E-state index contributed by atoms with van der Waals surface area (Å²) in [4.78, 5) is 10.9. The topological polar surface area (TPSA) is 46.5 Å². The van der Waals surface area contributed by atoms with E-state index in [-0.39, 0.29) is 12.2 Å². The minimum Gasteiger partial charge on any atom is -0.488 e. The van der Waals surface area contributed by atoms with Crippen LogP contribution in [0.2, 0.25) is 0 Å². The molecule has 0 bridgehead atoms. The van der Waals surface area contributed by atoms with Gasteiger partial charge in [0.25, 0.3) is 0 Å². The van der Waals surface area contributed by atoms with E-state index in [2.05, 4.69) is 13.2 Å². The van der Waals surface area contributed by atoms with E-state index in [4.69, 9.17) is 9.84 Å². The van der Waals surface area contributed by atoms with Gasteiger partial charge in [0.1, 0.15) is 17.9 Å². The van der Waals surface area contributed by atoms with Gasteiger partial charge in [0.15, 0.2) is 0 Å². The van der Waals surface area contributed by atoms with Crippen molar-refractivity contribution in [2.75, 3.05) is 6.61 Å². The number of hydrogen-bond acceptors (Lipinski definition) is 2. The summed E-state index contributed by atoms with van der Waals surface area (Å²) in [5.74, 6) is -0.662. The lowest BCUT2D eigenvalue weighted by Gasteiger charge is -2.09. The predicted octanol–water partition coefficient (Wildman–Crippen LogP) is 3.06. The largest absolute Gasteiger partial charge is 0.488 e. The minimum atomic E-state index is -1.01. The number of ether oxygens (including phenoxy) is 1. The fourth-order valence-corrected chi connectivity index (χ4v) is 1.26. The van der Waals surface area contributed by atoms with E-state index in [1.165, 1.54) is 6.07 Å². The van der Waals surface area contributed by atoms with E-state index in [0.29, 0.717) is 5.75 Å². The van der Waals surface area contributed by atoms with Crippen LogP contribution >= 0.6 is 0 Å². The summed E-state index contributed by atoms with van der Waals surface area (Å²) in [7, 11) is 0. The Morgan fingerprint density at radius 2 is 2.06 bits per heavy atom. The number of carboxylic acid groups (broad SMARTS) is 1. The van der Waals surface area contributed by atoms with Crippen LogP contribution in [0.25, 0.3) is 0 Å². The first-order valence-electron chi connectivity index (χ1n) is 5.08. The van der Waals surface area contributed by atoms with Crippen LogP contribution in [0.15, 0.2) is 61.2 Å². The Kier molecular flexibility index (Phi) is 4.76. The Labute approximate surface area is 100 Å². The molecule has 17 heavy (non-hydrogen) atoms. The summed E-state index contributed by atoms with van der Waals surface area (Å²) in [6, 6.07) is 6.51. The molecule has 1 aromatic rings. The Morgan fingerprint density at radius 1 is 1.35 bits per heavy atom. The molecule has 0 aromatic heterocycles. The van der Waals surface area contributed by atoms with Gasteiger partial charge in [-0.25, -0.2) is 4.79 Å². The molecule has 88 valence electrons. The number of hydrogen-bond donors (Lipinski definition) is 1. The van der Waals surface area contributed by atoms with Crippen LogP contribution in [0.3, 0.4) is 0 Å². The third-order valence-corrected chi connectivity index (χ3v) is 2.11. The summed E-state index contributed by atoms with van der Waals surface area (Å²) in [6.07, 6.45) is 5.03. The Hall–Kier alpha value is -2.29. The molecule has 0 atom stereocenters. The van der Waals surface area contributed by atoms with Crippen LogP contribution in [-0.4, -0.2) is 17.7 Å². The monoisotopic (exact) mass is 230 g/mol. The second-order valence-corrected chi connectivity index (χ2v) is 3.27. The van der Waals surface area contributed by atoms with Crippen molar-refractivity contribution < 1.29 is 14.6 Å². The maximum Gasteiger partial charge on any atom is 0.339 e. The van der Waals surface area contributed by atoms with Gasteiger partial charge in [-0.3, -0.25) is 0 Å². The van der Waals surface area contributed by atoms with Crippen LogP contribution in [0.1, 0.15) is 10.4 Å². The highest BCUT2D eigenvalue weighted by molar-refractivity contribution is 5.90. The van der Waals surface area contributed by atoms with Gasteiger partial charge in [-0.05, 0) is 17.7 Å². The zero-order valence-electron chi connectivity index (χ0n) is 9.43. The maximum atomic E-state index is 10.9. The van der Waals surface area contributed by atoms with E-state index in [9.17, 15) is 4.79 Å². The van der Waals surface area contributed by atoms with Gasteiger partial charge in [0.2, 0.25) is 0 Å². The molecule has 3 nitrogen and oxygen atoms in total. The molecular formula is C14H14O3. The fourth-order valence-electron chi connectivity index (χ4n) is 1.26. The van der Waals surface area contributed by atoms with Crippen LogP contribution < -0.4 is 4.74 Å². The van der Waals surface area contributed by atoms with Crippen molar-refractivity contribution in [3.8, 4) is 5.75 Å². The first-order chi connectivity index (χ1) is 8.19. The predicted molar refractivity (Wildman–Crippen MR) is 67.4 cm³/mol. The summed E-state index contributed by atoms with van der Waals surface area (Å²) >= 11 is 0. The molecule has 0 spiro atoms. The highest BCUT2D eigenvalue weighted by Gasteiger charge is 2.09. The number of rotatable bonds is 6. The summed E-state index contributed by atoms with van der Waals surface area (Å²) in [6.45, 7) is 7.48. The van der Waals surface area contributed by atoms with Crippen molar-refractivity contribution in [2.45, 2.75) is 0 Å². The van der Waals surface area contributed by atoms with Gasteiger partial charge in [0, 0.05) is 0 Å². The second-order valence-electron chi connectivity index (χ2n) is 3.27. The highest BCUT2D eigenvalue weighted by atomic mass is 16.5. The molecular weight excluding hydrogens is 216 g/mol. The number of carboxylic acids is 1. The average molecular weight is 230 g/mol. The number of carbonyl (C=O) groups is 1. The molecule has 1 rings (SSSR count). The molecule has 0 saturated carbocycles. The van der Waals surface area contributed by atoms with E-state index in [1.54, 1.807) is 36.4 Å². The summed E-state index contributed by atoms with van der Waals surface area (Å²) < 4.78 is 5.44. The standard InChI is InChI=1S/C14H14O3/c1-3-7-11(4-2)10-17-13-9-6-5-8-12(13)14(15)16/h3-9H,1-2,10H2,(H,15,16)/b11-7+. The number of allylic oxidation sites excluding steroid dienone is 2. The first-order valence-corrected chi connectivity index (χ1v) is 5.08. The van der Waals surface area contributed by atoms with E-state index in [0.717, 1.165) is 5.57 Å². The quantitative estimate of drug-likeness (QED) is 0.764. The highest BCUT2D eigenvalue weighted by Crippen LogP contribution is 2.18. The minimum absolute atomic E-state index is 0.148. The maximum absolute atomic E-state index is 10.9. The zero-order chi connectivity index (χ0) is 12.7. The molecule has 0 aliphatic rings. The van der Waals surface area contributed by atoms with Gasteiger partial charge >= 0.3 is 5.97 Å². The van der Waals surface area contributed by atoms with Crippen molar-refractivity contribution in [3.05, 3.63) is 66.8 Å². The van der Waals surface area contributed by atoms with E-state index < -0.39 is 5.97 Å². The van der Waals surface area contributed by atoms with Gasteiger partial charge in [-0.1, -0.05) is 43.5 Å². The second kappa shape index (κ2) is 6.33. The number of benzene rings is 1. The van der Waals surface area contributed by atoms with Crippen LogP contribution in [0.4, 0.5) is 0 Å². The van der Waals surface area contributed by atoms with Gasteiger partial charge in [-0.2, -0.15) is 0 Å². The van der Waals surface area contributed by atoms with Crippen molar-refractivity contribution in [1.29, 1.82) is 0 Å². The molecule has 0 fully saturated rings. The summed E-state index contributed by atoms with van der Waals surface area (Å²) in [5, 5.41) is 8.96.